The number of pyridine rings is 1. The molecule has 1 aromatic carbocycles. The summed E-state index contributed by atoms with van der Waals surface area (Å²) in [5.41, 5.74) is 4.26. The van der Waals surface area contributed by atoms with Crippen LogP contribution in [0.1, 0.15) is 52.2 Å². The number of fused-ring (bicyclic) bond motifs is 2. The van der Waals surface area contributed by atoms with Gasteiger partial charge in [-0.15, -0.1) is 11.3 Å². The second kappa shape index (κ2) is 8.03. The molecule has 5 rings (SSSR count). The van der Waals surface area contributed by atoms with Gasteiger partial charge in [0.2, 0.25) is 0 Å². The Bertz CT molecular complexity index is 1150. The lowest BCUT2D eigenvalue weighted by Gasteiger charge is -2.22. The Morgan fingerprint density at radius 1 is 1.17 bits per heavy atom. The number of nitrogens with zero attached hydrogens (tertiary/aromatic N) is 1. The largest absolute Gasteiger partial charge is 0.452 e. The van der Waals surface area contributed by atoms with Crippen molar-refractivity contribution in [2.24, 2.45) is 0 Å². The number of allylic oxidation sites excluding steroid dienone is 1. The van der Waals surface area contributed by atoms with Crippen molar-refractivity contribution in [3.63, 3.8) is 0 Å². The molecule has 0 saturated heterocycles. The number of carbonyl (C=O) groups excluding carboxylic acids is 2. The molecule has 0 spiro atoms. The van der Waals surface area contributed by atoms with E-state index in [0.717, 1.165) is 59.8 Å². The number of nitrogens with one attached hydrogen (secondary N) is 1. The number of carbonyl (C=O) groups is 2. The molecule has 1 N–H and O–H groups in total. The van der Waals surface area contributed by atoms with Crippen LogP contribution in [0.2, 0.25) is 0 Å². The molecule has 2 aromatic heterocycles. The van der Waals surface area contributed by atoms with Gasteiger partial charge < -0.3 is 10.1 Å². The van der Waals surface area contributed by atoms with Gasteiger partial charge in [-0.05, 0) is 66.8 Å². The fourth-order valence-electron chi connectivity index (χ4n) is 3.95. The fraction of sp³-hybridized carbons (Fsp3) is 0.292. The van der Waals surface area contributed by atoms with Gasteiger partial charge in [-0.1, -0.05) is 24.3 Å². The first kappa shape index (κ1) is 19.0. The van der Waals surface area contributed by atoms with Gasteiger partial charge in [-0.2, -0.15) is 0 Å². The number of thiophene rings is 1. The van der Waals surface area contributed by atoms with Gasteiger partial charge in [0.1, 0.15) is 0 Å². The molecule has 2 heterocycles. The highest BCUT2D eigenvalue weighted by Gasteiger charge is 2.27. The van der Waals surface area contributed by atoms with Crippen LogP contribution in [0, 0.1) is 0 Å². The number of para-hydroxylation sites is 1. The Hall–Kier alpha value is -2.99. The first-order chi connectivity index (χ1) is 14.7. The van der Waals surface area contributed by atoms with Gasteiger partial charge in [0.15, 0.2) is 6.61 Å². The smallest absolute Gasteiger partial charge is 0.339 e. The first-order valence-electron chi connectivity index (χ1n) is 10.3. The van der Waals surface area contributed by atoms with Crippen molar-refractivity contribution in [3.8, 4) is 0 Å². The maximum Gasteiger partial charge on any atom is 0.339 e. The molecule has 5 nitrogen and oxygen atoms in total. The van der Waals surface area contributed by atoms with Crippen molar-refractivity contribution in [3.05, 3.63) is 63.5 Å². The Morgan fingerprint density at radius 2 is 2.03 bits per heavy atom. The standard InChI is InChI=1S/C24H22N2O3S/c27-21(25-16-10-11-16)14-29-24(28)22-18-7-1-2-9-20(18)26-23-15(5-3-8-19(22)23)13-17-6-4-12-30-17/h1-2,4,6-7,9,12-13,16H,3,5,8,10-11,14H2,(H,25,27). The molecule has 0 radical (unpaired) electrons. The highest BCUT2D eigenvalue weighted by molar-refractivity contribution is 7.10. The van der Waals surface area contributed by atoms with E-state index < -0.39 is 5.97 Å². The highest BCUT2D eigenvalue weighted by atomic mass is 32.1. The summed E-state index contributed by atoms with van der Waals surface area (Å²) >= 11 is 1.69. The van der Waals surface area contributed by atoms with Gasteiger partial charge in [-0.25, -0.2) is 9.78 Å². The van der Waals surface area contributed by atoms with E-state index in [1.165, 1.54) is 4.88 Å². The molecule has 6 heteroatoms. The molecule has 1 fully saturated rings. The van der Waals surface area contributed by atoms with Crippen LogP contribution in [0.25, 0.3) is 22.6 Å². The van der Waals surface area contributed by atoms with Crippen LogP contribution >= 0.6 is 11.3 Å². The molecule has 1 amide bonds. The average molecular weight is 419 g/mol. The number of aromatic nitrogens is 1. The van der Waals surface area contributed by atoms with E-state index in [-0.39, 0.29) is 18.6 Å². The monoisotopic (exact) mass is 418 g/mol. The van der Waals surface area contributed by atoms with E-state index >= 15 is 0 Å². The maximum absolute atomic E-state index is 13.1. The zero-order chi connectivity index (χ0) is 20.5. The van der Waals surface area contributed by atoms with Gasteiger partial charge in [0.05, 0.1) is 16.8 Å². The summed E-state index contributed by atoms with van der Waals surface area (Å²) < 4.78 is 5.44. The van der Waals surface area contributed by atoms with Gasteiger partial charge in [-0.3, -0.25) is 4.79 Å². The number of hydrogen-bond donors (Lipinski definition) is 1. The van der Waals surface area contributed by atoms with E-state index in [2.05, 4.69) is 22.8 Å². The fourth-order valence-corrected chi connectivity index (χ4v) is 4.64. The quantitative estimate of drug-likeness (QED) is 0.615. The molecular formula is C24H22N2O3S. The summed E-state index contributed by atoms with van der Waals surface area (Å²) in [5.74, 6) is -0.690. The Balaban J connectivity index is 1.53. The Kier molecular flexibility index (Phi) is 5.09. The summed E-state index contributed by atoms with van der Waals surface area (Å²) in [5, 5.41) is 5.69. The molecule has 0 unspecified atom stereocenters. The molecule has 0 bridgehead atoms. The lowest BCUT2D eigenvalue weighted by atomic mass is 9.86. The van der Waals surface area contributed by atoms with Crippen LogP contribution < -0.4 is 5.32 Å². The van der Waals surface area contributed by atoms with E-state index in [1.807, 2.05) is 30.3 Å². The number of benzene rings is 1. The number of amides is 1. The van der Waals surface area contributed by atoms with E-state index in [0.29, 0.717) is 5.56 Å². The molecule has 2 aliphatic rings. The van der Waals surface area contributed by atoms with Crippen molar-refractivity contribution < 1.29 is 14.3 Å². The van der Waals surface area contributed by atoms with Crippen molar-refractivity contribution in [1.29, 1.82) is 0 Å². The first-order valence-corrected chi connectivity index (χ1v) is 11.2. The zero-order valence-electron chi connectivity index (χ0n) is 16.5. The van der Waals surface area contributed by atoms with Crippen LogP contribution in [0.15, 0.2) is 41.8 Å². The number of rotatable bonds is 5. The van der Waals surface area contributed by atoms with Crippen molar-refractivity contribution >= 4 is 45.8 Å². The molecule has 0 aliphatic heterocycles. The molecule has 30 heavy (non-hydrogen) atoms. The average Bonchev–Trinajstić information content (AvgIpc) is 3.42. The van der Waals surface area contributed by atoms with Crippen molar-refractivity contribution in [1.82, 2.24) is 10.3 Å². The third-order valence-electron chi connectivity index (χ3n) is 5.51. The molecule has 3 aromatic rings. The van der Waals surface area contributed by atoms with Crippen LogP contribution in [0.3, 0.4) is 0 Å². The van der Waals surface area contributed by atoms with E-state index in [9.17, 15) is 9.59 Å². The third-order valence-corrected chi connectivity index (χ3v) is 6.33. The topological polar surface area (TPSA) is 68.3 Å². The molecule has 0 atom stereocenters. The van der Waals surface area contributed by atoms with Gasteiger partial charge >= 0.3 is 5.97 Å². The Morgan fingerprint density at radius 3 is 2.83 bits per heavy atom. The second-order valence-corrected chi connectivity index (χ2v) is 8.77. The maximum atomic E-state index is 13.1. The van der Waals surface area contributed by atoms with Crippen LogP contribution in [0.4, 0.5) is 0 Å². The normalized spacial score (nSPS) is 17.0. The van der Waals surface area contributed by atoms with Crippen LogP contribution in [0.5, 0.6) is 0 Å². The van der Waals surface area contributed by atoms with Gasteiger partial charge in [0, 0.05) is 16.3 Å². The lowest BCUT2D eigenvalue weighted by Crippen LogP contribution is -2.30. The summed E-state index contributed by atoms with van der Waals surface area (Å²) in [6.07, 6.45) is 6.82. The molecular weight excluding hydrogens is 396 g/mol. The summed E-state index contributed by atoms with van der Waals surface area (Å²) in [6, 6.07) is 12.0. The lowest BCUT2D eigenvalue weighted by molar-refractivity contribution is -0.124. The number of ether oxygens (including phenoxy) is 1. The summed E-state index contributed by atoms with van der Waals surface area (Å²) in [6.45, 7) is -0.251. The molecule has 152 valence electrons. The summed E-state index contributed by atoms with van der Waals surface area (Å²) in [4.78, 5) is 31.2. The minimum Gasteiger partial charge on any atom is -0.452 e. The van der Waals surface area contributed by atoms with Gasteiger partial charge in [0.25, 0.3) is 5.91 Å². The zero-order valence-corrected chi connectivity index (χ0v) is 17.3. The van der Waals surface area contributed by atoms with Crippen LogP contribution in [-0.2, 0) is 16.0 Å². The molecule has 1 saturated carbocycles. The predicted molar refractivity (Wildman–Crippen MR) is 118 cm³/mol. The van der Waals surface area contributed by atoms with Crippen molar-refractivity contribution in [2.45, 2.75) is 38.1 Å². The minimum atomic E-state index is -0.451. The molecule has 2 aliphatic carbocycles. The Labute approximate surface area is 178 Å². The summed E-state index contributed by atoms with van der Waals surface area (Å²) in [7, 11) is 0. The second-order valence-electron chi connectivity index (χ2n) is 7.79. The SMILES string of the molecule is O=C(COC(=O)c1c2c(nc3ccccc13)C(=Cc1cccs1)CCC2)NC1CC1. The van der Waals surface area contributed by atoms with E-state index in [1.54, 1.807) is 11.3 Å². The number of esters is 1. The van der Waals surface area contributed by atoms with E-state index in [4.69, 9.17) is 9.72 Å². The third kappa shape index (κ3) is 3.87. The minimum absolute atomic E-state index is 0.239. The number of hydrogen-bond acceptors (Lipinski definition) is 5. The van der Waals surface area contributed by atoms with Crippen molar-refractivity contribution in [2.75, 3.05) is 6.61 Å². The predicted octanol–water partition coefficient (Wildman–Crippen LogP) is 4.61. The highest BCUT2D eigenvalue weighted by Crippen LogP contribution is 2.36. The van der Waals surface area contributed by atoms with Crippen LogP contribution in [-0.4, -0.2) is 29.5 Å².